The molecule has 0 spiro atoms. The molecule has 1 fully saturated rings. The van der Waals surface area contributed by atoms with Crippen LogP contribution >= 0.6 is 0 Å². The Balaban J connectivity index is 2.19. The number of hydrogen-bond donors (Lipinski definition) is 1. The zero-order valence-corrected chi connectivity index (χ0v) is 13.9. The van der Waals surface area contributed by atoms with Gasteiger partial charge in [-0.1, -0.05) is 31.9 Å². The van der Waals surface area contributed by atoms with Gasteiger partial charge in [-0.15, -0.1) is 0 Å². The quantitative estimate of drug-likeness (QED) is 0.396. The summed E-state index contributed by atoms with van der Waals surface area (Å²) >= 11 is 0. The summed E-state index contributed by atoms with van der Waals surface area (Å²) in [5.74, 6) is -0.0254. The lowest BCUT2D eigenvalue weighted by molar-refractivity contribution is -0.385. The smallest absolute Gasteiger partial charge is 0.272 e. The first kappa shape index (κ1) is 17.7. The second-order valence-corrected chi connectivity index (χ2v) is 6.31. The number of hydrogen-bond acceptors (Lipinski definition) is 4. The largest absolute Gasteiger partial charge is 0.348 e. The number of nitro groups is 1. The van der Waals surface area contributed by atoms with Gasteiger partial charge in [0.05, 0.1) is 4.92 Å². The highest BCUT2D eigenvalue weighted by molar-refractivity contribution is 6.01. The Labute approximate surface area is 141 Å². The lowest BCUT2D eigenvalue weighted by Gasteiger charge is -2.29. The maximum Gasteiger partial charge on any atom is 0.272 e. The third kappa shape index (κ3) is 4.19. The van der Waals surface area contributed by atoms with Crippen LogP contribution in [0.2, 0.25) is 0 Å². The van der Waals surface area contributed by atoms with Crippen LogP contribution in [0.3, 0.4) is 0 Å². The monoisotopic (exact) mass is 327 g/mol. The van der Waals surface area contributed by atoms with E-state index in [1.165, 1.54) is 18.6 Å². The van der Waals surface area contributed by atoms with Crippen molar-refractivity contribution in [2.45, 2.75) is 45.6 Å². The highest BCUT2D eigenvalue weighted by Gasteiger charge is 2.24. The fourth-order valence-electron chi connectivity index (χ4n) is 3.00. The molecule has 2 atom stereocenters. The van der Waals surface area contributed by atoms with Crippen molar-refractivity contribution in [2.75, 3.05) is 0 Å². The minimum Gasteiger partial charge on any atom is -0.348 e. The van der Waals surface area contributed by atoms with Crippen LogP contribution in [0.5, 0.6) is 0 Å². The Morgan fingerprint density at radius 2 is 2.12 bits per heavy atom. The fourth-order valence-corrected chi connectivity index (χ4v) is 3.00. The molecule has 0 bridgehead atoms. The molecule has 1 aliphatic carbocycles. The van der Waals surface area contributed by atoms with Crippen LogP contribution in [0.1, 0.15) is 43.7 Å². The van der Waals surface area contributed by atoms with Crippen molar-refractivity contribution >= 4 is 17.7 Å². The highest BCUT2D eigenvalue weighted by Crippen LogP contribution is 2.24. The number of nitrogens with zero attached hydrogens (tertiary/aromatic N) is 2. The van der Waals surface area contributed by atoms with Crippen molar-refractivity contribution in [1.29, 1.82) is 5.26 Å². The van der Waals surface area contributed by atoms with Crippen molar-refractivity contribution < 1.29 is 9.72 Å². The average Bonchev–Trinajstić information content (AvgIpc) is 2.55. The predicted octanol–water partition coefficient (Wildman–Crippen LogP) is 3.51. The third-order valence-electron chi connectivity index (χ3n) is 4.53. The van der Waals surface area contributed by atoms with Gasteiger partial charge in [0.2, 0.25) is 0 Å². The van der Waals surface area contributed by atoms with E-state index in [4.69, 9.17) is 0 Å². The number of nitro benzene ring substituents is 1. The molecule has 0 aliphatic heterocycles. The molecule has 1 aromatic carbocycles. The molecule has 0 radical (unpaired) electrons. The van der Waals surface area contributed by atoms with Crippen LogP contribution < -0.4 is 5.32 Å². The molecule has 0 unspecified atom stereocenters. The van der Waals surface area contributed by atoms with E-state index in [0.717, 1.165) is 19.3 Å². The number of aryl methyl sites for hydroxylation is 1. The van der Waals surface area contributed by atoms with Crippen molar-refractivity contribution in [3.05, 3.63) is 45.0 Å². The average molecular weight is 327 g/mol. The summed E-state index contributed by atoms with van der Waals surface area (Å²) in [4.78, 5) is 22.9. The normalized spacial score (nSPS) is 21.0. The van der Waals surface area contributed by atoms with Gasteiger partial charge in [-0.2, -0.15) is 5.26 Å². The molecule has 6 heteroatoms. The van der Waals surface area contributed by atoms with Crippen molar-refractivity contribution in [3.63, 3.8) is 0 Å². The van der Waals surface area contributed by atoms with Crippen molar-refractivity contribution in [3.8, 4) is 6.07 Å². The highest BCUT2D eigenvalue weighted by atomic mass is 16.6. The number of amides is 1. The first-order chi connectivity index (χ1) is 11.4. The van der Waals surface area contributed by atoms with Crippen LogP contribution in [0.15, 0.2) is 23.8 Å². The standard InChI is InChI=1S/C18H21N3O3/c1-12-5-3-4-6-16(12)20-18(22)15(11-19)9-14-8-7-13(2)17(10-14)21(23)24/h7-10,12,16H,3-6H2,1-2H3,(H,20,22)/b15-9+/t12-,16+/m0/s1. The number of benzene rings is 1. The molecular weight excluding hydrogens is 306 g/mol. The SMILES string of the molecule is Cc1ccc(/C=C(\C#N)C(=O)N[C@@H]2CCCC[C@@H]2C)cc1[N+](=O)[O-]. The molecular formula is C18H21N3O3. The molecule has 1 amide bonds. The molecule has 1 aromatic rings. The molecule has 1 saturated carbocycles. The van der Waals surface area contributed by atoms with E-state index in [9.17, 15) is 20.2 Å². The molecule has 1 aliphatic rings. The van der Waals surface area contributed by atoms with Gasteiger partial charge < -0.3 is 5.32 Å². The summed E-state index contributed by atoms with van der Waals surface area (Å²) in [6.45, 7) is 3.75. The number of carbonyl (C=O) groups is 1. The zero-order valence-electron chi connectivity index (χ0n) is 13.9. The maximum atomic E-state index is 12.3. The molecule has 0 aromatic heterocycles. The summed E-state index contributed by atoms with van der Waals surface area (Å²) in [5.41, 5.74) is 0.945. The second-order valence-electron chi connectivity index (χ2n) is 6.31. The second kappa shape index (κ2) is 7.73. The Bertz CT molecular complexity index is 719. The molecule has 2 rings (SSSR count). The van der Waals surface area contributed by atoms with Crippen LogP contribution in [0.25, 0.3) is 6.08 Å². The van der Waals surface area contributed by atoms with E-state index in [1.54, 1.807) is 19.1 Å². The molecule has 0 heterocycles. The Kier molecular flexibility index (Phi) is 5.69. The molecule has 24 heavy (non-hydrogen) atoms. The van der Waals surface area contributed by atoms with Crippen molar-refractivity contribution in [1.82, 2.24) is 5.32 Å². The van der Waals surface area contributed by atoms with Crippen LogP contribution in [0.4, 0.5) is 5.69 Å². The van der Waals surface area contributed by atoms with Crippen LogP contribution in [-0.4, -0.2) is 16.9 Å². The predicted molar refractivity (Wildman–Crippen MR) is 91.0 cm³/mol. The number of rotatable bonds is 4. The van der Waals surface area contributed by atoms with E-state index < -0.39 is 10.8 Å². The van der Waals surface area contributed by atoms with Gasteiger partial charge in [0, 0.05) is 17.7 Å². The van der Waals surface area contributed by atoms with Crippen molar-refractivity contribution in [2.24, 2.45) is 5.92 Å². The van der Waals surface area contributed by atoms with Gasteiger partial charge in [-0.25, -0.2) is 0 Å². The van der Waals surface area contributed by atoms with E-state index in [1.807, 2.05) is 6.07 Å². The summed E-state index contributed by atoms with van der Waals surface area (Å²) in [6.07, 6.45) is 5.63. The summed E-state index contributed by atoms with van der Waals surface area (Å²) in [6, 6.07) is 6.63. The van der Waals surface area contributed by atoms with Gasteiger partial charge in [0.1, 0.15) is 11.6 Å². The first-order valence-corrected chi connectivity index (χ1v) is 8.10. The Morgan fingerprint density at radius 1 is 1.42 bits per heavy atom. The summed E-state index contributed by atoms with van der Waals surface area (Å²) in [7, 11) is 0. The van der Waals surface area contributed by atoms with Gasteiger partial charge in [-0.3, -0.25) is 14.9 Å². The summed E-state index contributed by atoms with van der Waals surface area (Å²) < 4.78 is 0. The lowest BCUT2D eigenvalue weighted by atomic mass is 9.86. The van der Waals surface area contributed by atoms with Gasteiger partial charge in [-0.05, 0) is 37.3 Å². The van der Waals surface area contributed by atoms with Crippen LogP contribution in [-0.2, 0) is 4.79 Å². The Morgan fingerprint density at radius 3 is 2.75 bits per heavy atom. The van der Waals surface area contributed by atoms with E-state index in [-0.39, 0.29) is 17.3 Å². The number of nitriles is 1. The van der Waals surface area contributed by atoms with E-state index >= 15 is 0 Å². The minimum absolute atomic E-state index is 0.0256. The van der Waals surface area contributed by atoms with Gasteiger partial charge in [0.15, 0.2) is 0 Å². The van der Waals surface area contributed by atoms with E-state index in [2.05, 4.69) is 12.2 Å². The molecule has 6 nitrogen and oxygen atoms in total. The number of nitrogens with one attached hydrogen (secondary N) is 1. The maximum absolute atomic E-state index is 12.3. The molecule has 0 saturated heterocycles. The van der Waals surface area contributed by atoms with Crippen LogP contribution in [0, 0.1) is 34.3 Å². The molecule has 1 N–H and O–H groups in total. The van der Waals surface area contributed by atoms with Gasteiger partial charge >= 0.3 is 0 Å². The van der Waals surface area contributed by atoms with E-state index in [0.29, 0.717) is 17.0 Å². The third-order valence-corrected chi connectivity index (χ3v) is 4.53. The number of carbonyl (C=O) groups excluding carboxylic acids is 1. The summed E-state index contributed by atoms with van der Waals surface area (Å²) in [5, 5.41) is 23.2. The lowest BCUT2D eigenvalue weighted by Crippen LogP contribution is -2.41. The van der Waals surface area contributed by atoms with Gasteiger partial charge in [0.25, 0.3) is 11.6 Å². The Hall–Kier alpha value is -2.68. The first-order valence-electron chi connectivity index (χ1n) is 8.10. The fraction of sp³-hybridized carbons (Fsp3) is 0.444. The zero-order chi connectivity index (χ0) is 17.7. The topological polar surface area (TPSA) is 96.0 Å². The molecule has 126 valence electrons. The minimum atomic E-state index is -0.470.